The molecule has 0 fully saturated rings. The Bertz CT molecular complexity index is 338. The summed E-state index contributed by atoms with van der Waals surface area (Å²) < 4.78 is 0.605. The fourth-order valence-corrected chi connectivity index (χ4v) is 1.52. The van der Waals surface area contributed by atoms with Gasteiger partial charge in [-0.05, 0) is 33.9 Å². The summed E-state index contributed by atoms with van der Waals surface area (Å²) in [6, 6.07) is 3.24. The lowest BCUT2D eigenvalue weighted by atomic mass is 9.77. The van der Waals surface area contributed by atoms with Crippen molar-refractivity contribution in [3.05, 3.63) is 27.7 Å². The molecule has 0 aromatic heterocycles. The molecule has 13 heavy (non-hydrogen) atoms. The van der Waals surface area contributed by atoms with Gasteiger partial charge in [-0.15, -0.1) is 0 Å². The highest BCUT2D eigenvalue weighted by molar-refractivity contribution is 9.10. The number of rotatable bonds is 2. The van der Waals surface area contributed by atoms with Crippen LogP contribution in [0.5, 0.6) is 0 Å². The van der Waals surface area contributed by atoms with Crippen LogP contribution in [0.1, 0.15) is 15.9 Å². The van der Waals surface area contributed by atoms with Crippen LogP contribution in [0.4, 0.5) is 0 Å². The highest BCUT2D eigenvalue weighted by Crippen LogP contribution is 2.18. The SMILES string of the molecule is Cc1ccc(B(O)O)c(C=O)c1Br. The Balaban J connectivity index is 3.38. The van der Waals surface area contributed by atoms with Crippen molar-refractivity contribution in [1.82, 2.24) is 0 Å². The zero-order valence-electron chi connectivity index (χ0n) is 6.99. The van der Waals surface area contributed by atoms with Gasteiger partial charge in [0, 0.05) is 10.0 Å². The van der Waals surface area contributed by atoms with E-state index in [-0.39, 0.29) is 11.0 Å². The van der Waals surface area contributed by atoms with E-state index in [1.165, 1.54) is 6.07 Å². The average molecular weight is 243 g/mol. The third kappa shape index (κ3) is 1.99. The second-order valence-electron chi connectivity index (χ2n) is 2.69. The van der Waals surface area contributed by atoms with Crippen LogP contribution in [0.3, 0.4) is 0 Å². The van der Waals surface area contributed by atoms with E-state index in [1.54, 1.807) is 6.07 Å². The first-order chi connectivity index (χ1) is 6.07. The van der Waals surface area contributed by atoms with Crippen LogP contribution in [0, 0.1) is 6.92 Å². The molecular formula is C8H8BBrO3. The Morgan fingerprint density at radius 1 is 1.46 bits per heavy atom. The predicted molar refractivity (Wildman–Crippen MR) is 54.1 cm³/mol. The minimum Gasteiger partial charge on any atom is -0.423 e. The molecule has 0 saturated carbocycles. The van der Waals surface area contributed by atoms with Crippen molar-refractivity contribution < 1.29 is 14.8 Å². The van der Waals surface area contributed by atoms with Crippen molar-refractivity contribution in [1.29, 1.82) is 0 Å². The third-order valence-corrected chi connectivity index (χ3v) is 2.86. The summed E-state index contributed by atoms with van der Waals surface area (Å²) in [5.74, 6) is 0. The molecule has 1 aromatic rings. The molecule has 0 spiro atoms. The number of hydrogen-bond donors (Lipinski definition) is 2. The first-order valence-electron chi connectivity index (χ1n) is 3.68. The average Bonchev–Trinajstić information content (AvgIpc) is 2.09. The normalized spacial score (nSPS) is 9.85. The fraction of sp³-hybridized carbons (Fsp3) is 0.125. The molecule has 5 heteroatoms. The van der Waals surface area contributed by atoms with E-state index < -0.39 is 7.12 Å². The van der Waals surface area contributed by atoms with E-state index >= 15 is 0 Å². The minimum absolute atomic E-state index is 0.215. The third-order valence-electron chi connectivity index (χ3n) is 1.80. The molecule has 2 N–H and O–H groups in total. The van der Waals surface area contributed by atoms with Gasteiger partial charge in [-0.3, -0.25) is 4.79 Å². The molecule has 0 unspecified atom stereocenters. The van der Waals surface area contributed by atoms with Crippen LogP contribution in [0.2, 0.25) is 0 Å². The highest BCUT2D eigenvalue weighted by Gasteiger charge is 2.18. The second-order valence-corrected chi connectivity index (χ2v) is 3.48. The van der Waals surface area contributed by atoms with Crippen molar-refractivity contribution in [2.24, 2.45) is 0 Å². The molecule has 68 valence electrons. The maximum absolute atomic E-state index is 10.7. The quantitative estimate of drug-likeness (QED) is 0.578. The lowest BCUT2D eigenvalue weighted by Gasteiger charge is -2.07. The van der Waals surface area contributed by atoms with Crippen molar-refractivity contribution in [2.45, 2.75) is 6.92 Å². The van der Waals surface area contributed by atoms with Gasteiger partial charge in [-0.1, -0.05) is 12.1 Å². The number of halogens is 1. The zero-order valence-corrected chi connectivity index (χ0v) is 8.58. The van der Waals surface area contributed by atoms with Crippen LogP contribution in [-0.4, -0.2) is 23.5 Å². The fourth-order valence-electron chi connectivity index (χ4n) is 1.06. The second kappa shape index (κ2) is 4.04. The summed E-state index contributed by atoms with van der Waals surface area (Å²) in [5, 5.41) is 17.9. The van der Waals surface area contributed by atoms with Gasteiger partial charge >= 0.3 is 7.12 Å². The predicted octanol–water partition coefficient (Wildman–Crippen LogP) is 0.250. The molecule has 0 aliphatic heterocycles. The highest BCUT2D eigenvalue weighted by atomic mass is 79.9. The van der Waals surface area contributed by atoms with Gasteiger partial charge in [-0.2, -0.15) is 0 Å². The maximum atomic E-state index is 10.7. The number of aryl methyl sites for hydroxylation is 1. The molecule has 0 radical (unpaired) electrons. The molecule has 1 rings (SSSR count). The maximum Gasteiger partial charge on any atom is 0.489 e. The molecule has 0 bridgehead atoms. The van der Waals surface area contributed by atoms with E-state index in [0.717, 1.165) is 5.56 Å². The summed E-state index contributed by atoms with van der Waals surface area (Å²) in [6.07, 6.45) is 0.603. The van der Waals surface area contributed by atoms with Gasteiger partial charge in [-0.25, -0.2) is 0 Å². The standard InChI is InChI=1S/C8H8BBrO3/c1-5-2-3-7(9(12)13)6(4-11)8(5)10/h2-4,12-13H,1H3. The smallest absolute Gasteiger partial charge is 0.423 e. The summed E-state index contributed by atoms with van der Waals surface area (Å²) in [5.41, 5.74) is 1.38. The van der Waals surface area contributed by atoms with E-state index in [0.29, 0.717) is 10.8 Å². The van der Waals surface area contributed by atoms with Gasteiger partial charge in [0.2, 0.25) is 0 Å². The topological polar surface area (TPSA) is 57.5 Å². The number of carbonyl (C=O) groups is 1. The number of carbonyl (C=O) groups excluding carboxylic acids is 1. The molecule has 0 amide bonds. The van der Waals surface area contributed by atoms with Crippen LogP contribution in [0.15, 0.2) is 16.6 Å². The van der Waals surface area contributed by atoms with Gasteiger partial charge < -0.3 is 10.0 Å². The summed E-state index contributed by atoms with van der Waals surface area (Å²) in [6.45, 7) is 1.82. The molecule has 0 saturated heterocycles. The van der Waals surface area contributed by atoms with Crippen molar-refractivity contribution in [3.8, 4) is 0 Å². The number of hydrogen-bond acceptors (Lipinski definition) is 3. The Kier molecular flexibility index (Phi) is 3.25. The molecule has 0 aliphatic carbocycles. The first-order valence-corrected chi connectivity index (χ1v) is 4.47. The number of aldehydes is 1. The van der Waals surface area contributed by atoms with Crippen molar-refractivity contribution in [3.63, 3.8) is 0 Å². The Hall–Kier alpha value is -0.645. The molecule has 0 atom stereocenters. The lowest BCUT2D eigenvalue weighted by molar-refractivity contribution is 0.112. The van der Waals surface area contributed by atoms with Crippen LogP contribution in [0.25, 0.3) is 0 Å². The van der Waals surface area contributed by atoms with Crippen LogP contribution in [-0.2, 0) is 0 Å². The zero-order chi connectivity index (χ0) is 10.0. The van der Waals surface area contributed by atoms with Gasteiger partial charge in [0.1, 0.15) is 0 Å². The van der Waals surface area contributed by atoms with E-state index in [9.17, 15) is 4.79 Å². The molecule has 1 aromatic carbocycles. The molecule has 0 aliphatic rings. The molecular weight excluding hydrogens is 235 g/mol. The van der Waals surface area contributed by atoms with E-state index in [1.807, 2.05) is 6.92 Å². The van der Waals surface area contributed by atoms with Gasteiger partial charge in [0.25, 0.3) is 0 Å². The Labute approximate surface area is 84.7 Å². The Morgan fingerprint density at radius 3 is 2.54 bits per heavy atom. The largest absolute Gasteiger partial charge is 0.489 e. The van der Waals surface area contributed by atoms with E-state index in [4.69, 9.17) is 10.0 Å². The Morgan fingerprint density at radius 2 is 2.08 bits per heavy atom. The number of benzene rings is 1. The molecule has 0 heterocycles. The summed E-state index contributed by atoms with van der Waals surface area (Å²) in [4.78, 5) is 10.7. The van der Waals surface area contributed by atoms with Crippen LogP contribution >= 0.6 is 15.9 Å². The lowest BCUT2D eigenvalue weighted by Crippen LogP contribution is -2.33. The first kappa shape index (κ1) is 10.4. The summed E-state index contributed by atoms with van der Waals surface area (Å²) >= 11 is 3.21. The molecule has 3 nitrogen and oxygen atoms in total. The monoisotopic (exact) mass is 242 g/mol. The van der Waals surface area contributed by atoms with E-state index in [2.05, 4.69) is 15.9 Å². The minimum atomic E-state index is -1.61. The summed E-state index contributed by atoms with van der Waals surface area (Å²) in [7, 11) is -1.61. The van der Waals surface area contributed by atoms with Crippen molar-refractivity contribution in [2.75, 3.05) is 0 Å². The van der Waals surface area contributed by atoms with Crippen LogP contribution < -0.4 is 5.46 Å². The van der Waals surface area contributed by atoms with Gasteiger partial charge in [0.15, 0.2) is 6.29 Å². The van der Waals surface area contributed by atoms with Crippen molar-refractivity contribution >= 4 is 34.8 Å². The van der Waals surface area contributed by atoms with Gasteiger partial charge in [0.05, 0.1) is 0 Å².